The van der Waals surface area contributed by atoms with Crippen molar-refractivity contribution in [3.05, 3.63) is 59.5 Å². The number of rotatable bonds is 10. The molecule has 0 radical (unpaired) electrons. The lowest BCUT2D eigenvalue weighted by Gasteiger charge is -2.24. The van der Waals surface area contributed by atoms with Crippen LogP contribution in [0.2, 0.25) is 0 Å². The minimum absolute atomic E-state index is 0.0914. The highest BCUT2D eigenvalue weighted by atomic mass is 16.6. The van der Waals surface area contributed by atoms with Crippen molar-refractivity contribution in [1.82, 2.24) is 25.2 Å². The summed E-state index contributed by atoms with van der Waals surface area (Å²) in [6.45, 7) is 11.6. The Bertz CT molecular complexity index is 1370. The molecule has 3 aliphatic heterocycles. The number of fused-ring (bicyclic) bond motifs is 2. The van der Waals surface area contributed by atoms with Crippen LogP contribution in [0.25, 0.3) is 11.0 Å². The first kappa shape index (κ1) is 33.0. The van der Waals surface area contributed by atoms with Crippen LogP contribution in [0.3, 0.4) is 0 Å². The predicted molar refractivity (Wildman–Crippen MR) is 177 cm³/mol. The van der Waals surface area contributed by atoms with Crippen molar-refractivity contribution in [1.29, 1.82) is 0 Å². The molecule has 3 aromatic rings. The van der Waals surface area contributed by atoms with Gasteiger partial charge in [-0.2, -0.15) is 0 Å². The maximum Gasteiger partial charge on any atom is 0.410 e. The average Bonchev–Trinajstić information content (AvgIpc) is 3.74. The molecule has 2 fully saturated rings. The lowest BCUT2D eigenvalue weighted by molar-refractivity contribution is 0.0208. The quantitative estimate of drug-likeness (QED) is 0.291. The molecule has 2 atom stereocenters. The van der Waals surface area contributed by atoms with Crippen molar-refractivity contribution < 1.29 is 19.0 Å². The molecule has 10 heteroatoms. The number of nitrogens with zero attached hydrogens (tertiary/aromatic N) is 4. The lowest BCUT2D eigenvalue weighted by Crippen LogP contribution is -2.36. The first-order valence-corrected chi connectivity index (χ1v) is 16.7. The van der Waals surface area contributed by atoms with Crippen LogP contribution in [0.4, 0.5) is 10.6 Å². The number of hydrogen-bond donors (Lipinski definition) is 2. The largest absolute Gasteiger partial charge is 0.444 e. The molecule has 10 nitrogen and oxygen atoms in total. The summed E-state index contributed by atoms with van der Waals surface area (Å²) in [6, 6.07) is 12.4. The lowest BCUT2D eigenvalue weighted by atomic mass is 10.1. The third-order valence-corrected chi connectivity index (χ3v) is 8.15. The second-order valence-corrected chi connectivity index (χ2v) is 13.1. The maximum atomic E-state index is 12.1. The summed E-state index contributed by atoms with van der Waals surface area (Å²) in [5.74, 6) is 1.10. The van der Waals surface area contributed by atoms with E-state index < -0.39 is 5.60 Å². The minimum atomic E-state index is -0.461. The molecule has 3 aromatic heterocycles. The number of anilines is 1. The van der Waals surface area contributed by atoms with Crippen molar-refractivity contribution in [3.63, 3.8) is 0 Å². The predicted octanol–water partition coefficient (Wildman–Crippen LogP) is 5.34. The van der Waals surface area contributed by atoms with Crippen LogP contribution >= 0.6 is 0 Å². The normalized spacial score (nSPS) is 19.5. The van der Waals surface area contributed by atoms with Gasteiger partial charge in [-0.1, -0.05) is 6.07 Å². The van der Waals surface area contributed by atoms with Crippen molar-refractivity contribution in [2.24, 2.45) is 0 Å². The van der Waals surface area contributed by atoms with Crippen LogP contribution in [-0.4, -0.2) is 89.7 Å². The molecule has 0 saturated carbocycles. The number of aryl methyl sites for hydroxylation is 3. The molecule has 244 valence electrons. The summed E-state index contributed by atoms with van der Waals surface area (Å²) < 4.78 is 17.2. The Kier molecular flexibility index (Phi) is 12.0. The molecule has 0 aromatic carbocycles. The third-order valence-electron chi connectivity index (χ3n) is 8.15. The molecule has 2 saturated heterocycles. The Morgan fingerprint density at radius 1 is 0.956 bits per heavy atom. The topological polar surface area (TPSA) is 111 Å². The minimum Gasteiger partial charge on any atom is -0.444 e. The second-order valence-electron chi connectivity index (χ2n) is 13.1. The number of amides is 1. The number of carbonyl (C=O) groups excluding carboxylic acids is 1. The van der Waals surface area contributed by atoms with E-state index in [4.69, 9.17) is 19.2 Å². The van der Waals surface area contributed by atoms with Crippen LogP contribution in [0, 0.1) is 0 Å². The zero-order valence-electron chi connectivity index (χ0n) is 27.2. The highest BCUT2D eigenvalue weighted by Crippen LogP contribution is 2.21. The Morgan fingerprint density at radius 3 is 2.51 bits per heavy atom. The van der Waals surface area contributed by atoms with Crippen LogP contribution in [-0.2, 0) is 33.5 Å². The van der Waals surface area contributed by atoms with Gasteiger partial charge in [0.2, 0.25) is 0 Å². The van der Waals surface area contributed by atoms with Gasteiger partial charge in [0, 0.05) is 55.8 Å². The van der Waals surface area contributed by atoms with E-state index in [9.17, 15) is 4.79 Å². The zero-order chi connectivity index (χ0) is 31.5. The van der Waals surface area contributed by atoms with Crippen LogP contribution in [0.5, 0.6) is 0 Å². The first-order valence-electron chi connectivity index (χ1n) is 16.7. The molecular formula is C35H50N6O4. The second kappa shape index (κ2) is 16.3. The van der Waals surface area contributed by atoms with Crippen LogP contribution < -0.4 is 10.6 Å². The monoisotopic (exact) mass is 618 g/mol. The molecule has 0 aliphatic carbocycles. The highest BCUT2D eigenvalue weighted by Gasteiger charge is 2.30. The Balaban J connectivity index is 0.000000186. The van der Waals surface area contributed by atoms with Gasteiger partial charge >= 0.3 is 6.09 Å². The average molecular weight is 619 g/mol. The first-order chi connectivity index (χ1) is 21.8. The van der Waals surface area contributed by atoms with Crippen molar-refractivity contribution in [2.45, 2.75) is 89.9 Å². The summed E-state index contributed by atoms with van der Waals surface area (Å²) in [7, 11) is 0. The maximum absolute atomic E-state index is 12.1. The molecule has 6 heterocycles. The smallest absolute Gasteiger partial charge is 0.410 e. The molecule has 2 N–H and O–H groups in total. The van der Waals surface area contributed by atoms with Crippen molar-refractivity contribution in [2.75, 3.05) is 51.3 Å². The van der Waals surface area contributed by atoms with Gasteiger partial charge in [0.25, 0.3) is 0 Å². The summed E-state index contributed by atoms with van der Waals surface area (Å²) in [5, 5.41) is 7.76. The van der Waals surface area contributed by atoms with E-state index in [1.54, 1.807) is 11.1 Å². The van der Waals surface area contributed by atoms with Gasteiger partial charge < -0.3 is 29.7 Å². The molecule has 45 heavy (non-hydrogen) atoms. The van der Waals surface area contributed by atoms with E-state index in [1.807, 2.05) is 39.0 Å². The fourth-order valence-corrected chi connectivity index (χ4v) is 5.77. The van der Waals surface area contributed by atoms with E-state index in [-0.39, 0.29) is 12.2 Å². The number of carbonyl (C=O) groups is 1. The molecule has 1 amide bonds. The molecule has 0 unspecified atom stereocenters. The van der Waals surface area contributed by atoms with E-state index in [0.29, 0.717) is 25.8 Å². The number of ether oxygens (including phenoxy) is 3. The fraction of sp³-hybridized carbons (Fsp3) is 0.600. The van der Waals surface area contributed by atoms with Gasteiger partial charge in [-0.25, -0.2) is 19.7 Å². The van der Waals surface area contributed by atoms with Crippen LogP contribution in [0.1, 0.15) is 69.8 Å². The van der Waals surface area contributed by atoms with E-state index in [0.717, 1.165) is 93.7 Å². The zero-order valence-corrected chi connectivity index (χ0v) is 27.2. The number of likely N-dealkylation sites (tertiary alicyclic amines) is 1. The number of pyridine rings is 3. The molecule has 0 spiro atoms. The Hall–Kier alpha value is -3.34. The van der Waals surface area contributed by atoms with Gasteiger partial charge in [0.1, 0.15) is 11.4 Å². The number of hydrogen-bond acceptors (Lipinski definition) is 9. The van der Waals surface area contributed by atoms with Crippen LogP contribution in [0.15, 0.2) is 42.6 Å². The van der Waals surface area contributed by atoms with E-state index in [1.165, 1.54) is 17.7 Å². The third kappa shape index (κ3) is 10.6. The molecule has 3 aliphatic rings. The van der Waals surface area contributed by atoms with Gasteiger partial charge in [-0.15, -0.1) is 0 Å². The molecule has 6 rings (SSSR count). The Labute approximate surface area is 267 Å². The summed E-state index contributed by atoms with van der Waals surface area (Å²) in [6.07, 6.45) is 10.2. The van der Waals surface area contributed by atoms with Gasteiger partial charge in [0.05, 0.1) is 18.8 Å². The Morgan fingerprint density at radius 2 is 1.73 bits per heavy atom. The highest BCUT2D eigenvalue weighted by molar-refractivity contribution is 5.74. The SMILES string of the molecule is CC(C)(C)OC(=O)N1CC[C@@H](OCCCc2ccc3cccnc3n2)C1.c1cc2c(nc1CCCO[C@@H]1CCNC1)NCCC2. The molecule has 0 bridgehead atoms. The van der Waals surface area contributed by atoms with Gasteiger partial charge in [0.15, 0.2) is 5.65 Å². The fourth-order valence-electron chi connectivity index (χ4n) is 5.77. The van der Waals surface area contributed by atoms with E-state index >= 15 is 0 Å². The van der Waals surface area contributed by atoms with E-state index in [2.05, 4.69) is 38.8 Å². The van der Waals surface area contributed by atoms with Crippen molar-refractivity contribution in [3.8, 4) is 0 Å². The summed E-state index contributed by atoms with van der Waals surface area (Å²) in [5.41, 5.74) is 3.90. The van der Waals surface area contributed by atoms with Gasteiger partial charge in [-0.05, 0) is 115 Å². The number of nitrogens with one attached hydrogen (secondary N) is 2. The van der Waals surface area contributed by atoms with Gasteiger partial charge in [-0.3, -0.25) is 0 Å². The molecular weight excluding hydrogens is 568 g/mol. The standard InChI is InChI=1S/C20H27N3O3.C15H23N3O/c1-20(2,3)26-19(24)23-12-10-17(14-23)25-13-5-7-16-9-8-15-6-4-11-21-18(15)22-16;1-3-12-5-6-13(18-15(12)17-8-1)4-2-10-19-14-7-9-16-11-14/h4,6,8-9,11,17H,5,7,10,12-14H2,1-3H3;5-6,14,16H,1-4,7-11H2,(H,17,18)/t17-;14-/m11/s1. The number of aromatic nitrogens is 3. The summed E-state index contributed by atoms with van der Waals surface area (Å²) in [4.78, 5) is 27.4. The van der Waals surface area contributed by atoms with Crippen molar-refractivity contribution >= 4 is 22.9 Å². The summed E-state index contributed by atoms with van der Waals surface area (Å²) >= 11 is 0.